The first-order chi connectivity index (χ1) is 15.6. The van der Waals surface area contributed by atoms with Crippen molar-refractivity contribution >= 4 is 22.9 Å². The molecule has 0 heterocycles. The lowest BCUT2D eigenvalue weighted by Crippen LogP contribution is -2.22. The van der Waals surface area contributed by atoms with Gasteiger partial charge in [0.15, 0.2) is 11.6 Å². The summed E-state index contributed by atoms with van der Waals surface area (Å²) in [6.45, 7) is -0.0185. The SMILES string of the molecule is O=C1c2ccccc2C(=O)c2c(Nc3ccc(-c4cccc(CO)c4)cc3)ccc(O)c21. The molecular formula is C27H19NO4. The summed E-state index contributed by atoms with van der Waals surface area (Å²) < 4.78 is 0. The van der Waals surface area contributed by atoms with Crippen LogP contribution in [0.2, 0.25) is 0 Å². The van der Waals surface area contributed by atoms with Crippen LogP contribution in [0.3, 0.4) is 0 Å². The number of phenols is 1. The Labute approximate surface area is 184 Å². The number of phenolic OH excluding ortho intramolecular Hbond substituents is 1. The number of fused-ring (bicyclic) bond motifs is 2. The molecule has 156 valence electrons. The van der Waals surface area contributed by atoms with Crippen LogP contribution in [0, 0.1) is 0 Å². The van der Waals surface area contributed by atoms with E-state index in [1.165, 1.54) is 6.07 Å². The standard InChI is InChI=1S/C27H19NO4/c29-15-16-4-3-5-18(14-16)17-8-10-19(11-9-17)28-22-12-13-23(30)25-24(22)26(31)20-6-1-2-7-21(20)27(25)32/h1-14,28-30H,15H2. The average Bonchev–Trinajstić information content (AvgIpc) is 2.84. The highest BCUT2D eigenvalue weighted by molar-refractivity contribution is 6.31. The van der Waals surface area contributed by atoms with Crippen molar-refractivity contribution in [2.45, 2.75) is 6.61 Å². The largest absolute Gasteiger partial charge is 0.507 e. The molecule has 0 aliphatic heterocycles. The predicted molar refractivity (Wildman–Crippen MR) is 122 cm³/mol. The van der Waals surface area contributed by atoms with Gasteiger partial charge in [-0.25, -0.2) is 0 Å². The highest BCUT2D eigenvalue weighted by atomic mass is 16.3. The summed E-state index contributed by atoms with van der Waals surface area (Å²) in [7, 11) is 0. The van der Waals surface area contributed by atoms with Gasteiger partial charge in [0.05, 0.1) is 23.4 Å². The van der Waals surface area contributed by atoms with Crippen LogP contribution >= 0.6 is 0 Å². The number of benzene rings is 4. The molecule has 0 fully saturated rings. The van der Waals surface area contributed by atoms with E-state index in [1.54, 1.807) is 30.3 Å². The molecule has 5 rings (SSSR count). The Kier molecular flexibility index (Phi) is 4.81. The van der Waals surface area contributed by atoms with Crippen molar-refractivity contribution < 1.29 is 19.8 Å². The van der Waals surface area contributed by atoms with Gasteiger partial charge in [-0.05, 0) is 47.0 Å². The van der Waals surface area contributed by atoms with Crippen molar-refractivity contribution in [2.24, 2.45) is 0 Å². The summed E-state index contributed by atoms with van der Waals surface area (Å²) in [5.74, 6) is -0.876. The van der Waals surface area contributed by atoms with Gasteiger partial charge >= 0.3 is 0 Å². The van der Waals surface area contributed by atoms with E-state index in [0.29, 0.717) is 16.8 Å². The maximum atomic E-state index is 13.2. The molecule has 0 radical (unpaired) electrons. The molecule has 3 N–H and O–H groups in total. The quantitative estimate of drug-likeness (QED) is 0.353. The van der Waals surface area contributed by atoms with E-state index in [1.807, 2.05) is 48.5 Å². The Balaban J connectivity index is 1.51. The molecule has 32 heavy (non-hydrogen) atoms. The van der Waals surface area contributed by atoms with Crippen molar-refractivity contribution in [1.29, 1.82) is 0 Å². The van der Waals surface area contributed by atoms with Crippen LogP contribution in [0.25, 0.3) is 11.1 Å². The first-order valence-corrected chi connectivity index (χ1v) is 10.2. The summed E-state index contributed by atoms with van der Waals surface area (Å²) >= 11 is 0. The smallest absolute Gasteiger partial charge is 0.198 e. The minimum absolute atomic E-state index is 0.0185. The summed E-state index contributed by atoms with van der Waals surface area (Å²) in [6, 6.07) is 25.0. The molecule has 0 atom stereocenters. The minimum atomic E-state index is -0.365. The molecule has 0 saturated heterocycles. The van der Waals surface area contributed by atoms with E-state index in [4.69, 9.17) is 0 Å². The Morgan fingerprint density at radius 3 is 2.06 bits per heavy atom. The molecule has 4 aromatic carbocycles. The zero-order valence-corrected chi connectivity index (χ0v) is 17.0. The molecule has 5 nitrogen and oxygen atoms in total. The first-order valence-electron chi connectivity index (χ1n) is 10.2. The summed E-state index contributed by atoms with van der Waals surface area (Å²) in [4.78, 5) is 26.2. The van der Waals surface area contributed by atoms with Gasteiger partial charge in [0, 0.05) is 16.8 Å². The molecule has 0 aromatic heterocycles. The van der Waals surface area contributed by atoms with Gasteiger partial charge in [-0.15, -0.1) is 0 Å². The van der Waals surface area contributed by atoms with Gasteiger partial charge in [-0.2, -0.15) is 0 Å². The van der Waals surface area contributed by atoms with Gasteiger partial charge in [-0.3, -0.25) is 9.59 Å². The molecule has 0 unspecified atom stereocenters. The van der Waals surface area contributed by atoms with E-state index in [9.17, 15) is 19.8 Å². The molecular weight excluding hydrogens is 402 g/mol. The van der Waals surface area contributed by atoms with E-state index in [2.05, 4.69) is 5.32 Å². The van der Waals surface area contributed by atoms with Gasteiger partial charge < -0.3 is 15.5 Å². The van der Waals surface area contributed by atoms with Crippen molar-refractivity contribution in [1.82, 2.24) is 0 Å². The molecule has 0 bridgehead atoms. The van der Waals surface area contributed by atoms with E-state index in [0.717, 1.165) is 22.4 Å². The Morgan fingerprint density at radius 1 is 0.688 bits per heavy atom. The molecule has 0 spiro atoms. The van der Waals surface area contributed by atoms with Crippen molar-refractivity contribution in [2.75, 3.05) is 5.32 Å². The molecule has 1 aliphatic rings. The third-order valence-electron chi connectivity index (χ3n) is 5.66. The van der Waals surface area contributed by atoms with Gasteiger partial charge in [-0.1, -0.05) is 54.6 Å². The summed E-state index contributed by atoms with van der Waals surface area (Å²) in [6.07, 6.45) is 0. The Morgan fingerprint density at radius 2 is 1.38 bits per heavy atom. The zero-order valence-electron chi connectivity index (χ0n) is 17.0. The average molecular weight is 421 g/mol. The molecule has 5 heteroatoms. The van der Waals surface area contributed by atoms with E-state index in [-0.39, 0.29) is 35.0 Å². The minimum Gasteiger partial charge on any atom is -0.507 e. The number of aliphatic hydroxyl groups excluding tert-OH is 1. The van der Waals surface area contributed by atoms with Crippen LogP contribution in [-0.2, 0) is 6.61 Å². The van der Waals surface area contributed by atoms with E-state index < -0.39 is 0 Å². The molecule has 4 aromatic rings. The number of nitrogens with one attached hydrogen (secondary N) is 1. The second kappa shape index (κ2) is 7.80. The zero-order chi connectivity index (χ0) is 22.2. The van der Waals surface area contributed by atoms with Crippen LogP contribution in [-0.4, -0.2) is 21.8 Å². The number of carbonyl (C=O) groups excluding carboxylic acids is 2. The van der Waals surface area contributed by atoms with Gasteiger partial charge in [0.2, 0.25) is 0 Å². The van der Waals surface area contributed by atoms with E-state index >= 15 is 0 Å². The number of hydrogen-bond acceptors (Lipinski definition) is 5. The van der Waals surface area contributed by atoms with Gasteiger partial charge in [0.1, 0.15) is 5.75 Å². The van der Waals surface area contributed by atoms with Crippen LogP contribution in [0.4, 0.5) is 11.4 Å². The number of carbonyl (C=O) groups is 2. The maximum absolute atomic E-state index is 13.2. The monoisotopic (exact) mass is 421 g/mol. The van der Waals surface area contributed by atoms with Crippen LogP contribution < -0.4 is 5.32 Å². The second-order valence-corrected chi connectivity index (χ2v) is 7.65. The fourth-order valence-corrected chi connectivity index (χ4v) is 4.06. The number of rotatable bonds is 4. The van der Waals surface area contributed by atoms with Crippen LogP contribution in [0.5, 0.6) is 5.75 Å². The van der Waals surface area contributed by atoms with Crippen molar-refractivity contribution in [3.05, 3.63) is 113 Å². The lowest BCUT2D eigenvalue weighted by Gasteiger charge is -2.21. The number of aromatic hydroxyl groups is 1. The fourth-order valence-electron chi connectivity index (χ4n) is 4.06. The molecule has 0 amide bonds. The van der Waals surface area contributed by atoms with Crippen molar-refractivity contribution in [3.63, 3.8) is 0 Å². The summed E-state index contributed by atoms with van der Waals surface area (Å²) in [5.41, 5.74) is 4.83. The lowest BCUT2D eigenvalue weighted by molar-refractivity contribution is 0.0977. The third kappa shape index (κ3) is 3.25. The van der Waals surface area contributed by atoms with Crippen LogP contribution in [0.15, 0.2) is 84.9 Å². The Hall–Kier alpha value is -4.22. The molecule has 1 aliphatic carbocycles. The number of aliphatic hydroxyl groups is 1. The lowest BCUT2D eigenvalue weighted by atomic mass is 9.82. The topological polar surface area (TPSA) is 86.6 Å². The first kappa shape index (κ1) is 19.7. The molecule has 0 saturated carbocycles. The third-order valence-corrected chi connectivity index (χ3v) is 5.66. The number of hydrogen-bond donors (Lipinski definition) is 3. The highest BCUT2D eigenvalue weighted by Gasteiger charge is 2.33. The Bertz CT molecular complexity index is 1370. The van der Waals surface area contributed by atoms with Gasteiger partial charge in [0.25, 0.3) is 0 Å². The fraction of sp³-hybridized carbons (Fsp3) is 0.0370. The predicted octanol–water partition coefficient (Wildman–Crippen LogP) is 5.07. The highest BCUT2D eigenvalue weighted by Crippen LogP contribution is 2.38. The normalized spacial score (nSPS) is 12.3. The summed E-state index contributed by atoms with van der Waals surface area (Å²) in [5, 5.41) is 22.9. The van der Waals surface area contributed by atoms with Crippen LogP contribution in [0.1, 0.15) is 37.4 Å². The number of anilines is 2. The van der Waals surface area contributed by atoms with Crippen molar-refractivity contribution in [3.8, 4) is 16.9 Å². The maximum Gasteiger partial charge on any atom is 0.198 e. The second-order valence-electron chi connectivity index (χ2n) is 7.65. The number of ketones is 2.